The third-order valence-corrected chi connectivity index (χ3v) is 9.14. The predicted molar refractivity (Wildman–Crippen MR) is 170 cm³/mol. The van der Waals surface area contributed by atoms with Crippen LogP contribution in [0.15, 0.2) is 65.6 Å². The second-order valence-corrected chi connectivity index (χ2v) is 13.7. The van der Waals surface area contributed by atoms with E-state index in [1.165, 1.54) is 62.3 Å². The van der Waals surface area contributed by atoms with Gasteiger partial charge in [0, 0.05) is 39.3 Å². The lowest BCUT2D eigenvalue weighted by Crippen LogP contribution is -2.54. The molecule has 2 amide bonds. The molecule has 0 heterocycles. The van der Waals surface area contributed by atoms with E-state index in [1.54, 1.807) is 39.0 Å². The molecule has 0 aliphatic carbocycles. The molecule has 0 fully saturated rings. The average Bonchev–Trinajstić information content (AvgIpc) is 2.94. The van der Waals surface area contributed by atoms with Crippen molar-refractivity contribution in [2.45, 2.75) is 57.6 Å². The molecule has 1 atom stereocenters. The molecule has 0 radical (unpaired) electrons. The van der Waals surface area contributed by atoms with Crippen LogP contribution in [0.4, 0.5) is 11.4 Å². The summed E-state index contributed by atoms with van der Waals surface area (Å²) in [6.07, 6.45) is 0. The molecule has 3 rings (SSSR count). The van der Waals surface area contributed by atoms with Gasteiger partial charge in [0.25, 0.3) is 15.7 Å². The molecule has 1 N–H and O–H groups in total. The molecule has 0 saturated heterocycles. The highest BCUT2D eigenvalue weighted by Gasteiger charge is 2.34. The summed E-state index contributed by atoms with van der Waals surface area (Å²) >= 11 is 12.8. The molecule has 3 aromatic rings. The summed E-state index contributed by atoms with van der Waals surface area (Å²) in [6, 6.07) is 13.2. The lowest BCUT2D eigenvalue weighted by atomic mass is 10.1. The Bertz CT molecular complexity index is 1640. The molecule has 0 aromatic heterocycles. The van der Waals surface area contributed by atoms with Crippen LogP contribution in [0.3, 0.4) is 0 Å². The molecular weight excluding hydrogens is 631 g/mol. The van der Waals surface area contributed by atoms with E-state index in [1.807, 2.05) is 0 Å². The highest BCUT2D eigenvalue weighted by molar-refractivity contribution is 7.92. The van der Waals surface area contributed by atoms with Crippen LogP contribution in [0.2, 0.25) is 10.0 Å². The zero-order valence-electron chi connectivity index (χ0n) is 25.1. The number of nitrogens with one attached hydrogen (secondary N) is 1. The van der Waals surface area contributed by atoms with Gasteiger partial charge in [-0.15, -0.1) is 0 Å². The number of nitro groups is 1. The van der Waals surface area contributed by atoms with Crippen molar-refractivity contribution in [1.82, 2.24) is 10.2 Å². The van der Waals surface area contributed by atoms with Crippen molar-refractivity contribution < 1.29 is 27.7 Å². The molecule has 11 nitrogen and oxygen atoms in total. The number of benzene rings is 3. The summed E-state index contributed by atoms with van der Waals surface area (Å²) in [5.74, 6) is -0.800. The van der Waals surface area contributed by atoms with E-state index in [-0.39, 0.29) is 27.8 Å². The molecule has 14 heteroatoms. The van der Waals surface area contributed by atoms with Crippen molar-refractivity contribution in [2.75, 3.05) is 18.0 Å². The van der Waals surface area contributed by atoms with Gasteiger partial charge in [0.2, 0.25) is 11.8 Å². The van der Waals surface area contributed by atoms with Gasteiger partial charge in [0.15, 0.2) is 0 Å². The number of methoxy groups -OCH3 is 1. The number of carbonyl (C=O) groups excluding carboxylic acids is 2. The number of amides is 2. The number of hydrogen-bond donors (Lipinski definition) is 1. The minimum atomic E-state index is -4.55. The Morgan fingerprint density at radius 2 is 1.64 bits per heavy atom. The fourth-order valence-corrected chi connectivity index (χ4v) is 6.21. The zero-order valence-corrected chi connectivity index (χ0v) is 27.5. The second-order valence-electron chi connectivity index (χ2n) is 11.1. The van der Waals surface area contributed by atoms with Crippen LogP contribution in [-0.4, -0.2) is 55.3 Å². The largest absolute Gasteiger partial charge is 0.497 e. The average molecular weight is 666 g/mol. The summed E-state index contributed by atoms with van der Waals surface area (Å²) in [7, 11) is -3.11. The van der Waals surface area contributed by atoms with E-state index in [4.69, 9.17) is 27.9 Å². The van der Waals surface area contributed by atoms with Crippen molar-refractivity contribution in [3.63, 3.8) is 0 Å². The van der Waals surface area contributed by atoms with Crippen molar-refractivity contribution in [2.24, 2.45) is 0 Å². The van der Waals surface area contributed by atoms with Crippen LogP contribution < -0.4 is 14.4 Å². The predicted octanol–water partition coefficient (Wildman–Crippen LogP) is 5.75. The minimum Gasteiger partial charge on any atom is -0.497 e. The minimum absolute atomic E-state index is 0.0879. The summed E-state index contributed by atoms with van der Waals surface area (Å²) in [4.78, 5) is 39.1. The normalized spacial score (nSPS) is 12.3. The maximum absolute atomic E-state index is 14.1. The number of nitrogens with zero attached hydrogens (tertiary/aromatic N) is 3. The van der Waals surface area contributed by atoms with Crippen molar-refractivity contribution in [1.29, 1.82) is 0 Å². The van der Waals surface area contributed by atoms with E-state index >= 15 is 0 Å². The Hall–Kier alpha value is -3.87. The van der Waals surface area contributed by atoms with E-state index in [0.29, 0.717) is 11.3 Å². The molecule has 44 heavy (non-hydrogen) atoms. The number of nitro benzene ring substituents is 1. The number of rotatable bonds is 11. The van der Waals surface area contributed by atoms with Crippen LogP contribution in [-0.2, 0) is 26.2 Å². The van der Waals surface area contributed by atoms with Gasteiger partial charge < -0.3 is 15.0 Å². The van der Waals surface area contributed by atoms with Gasteiger partial charge in [0.05, 0.1) is 22.6 Å². The summed E-state index contributed by atoms with van der Waals surface area (Å²) in [5.41, 5.74) is -0.296. The lowest BCUT2D eigenvalue weighted by molar-refractivity contribution is -0.385. The van der Waals surface area contributed by atoms with Crippen LogP contribution >= 0.6 is 23.2 Å². The van der Waals surface area contributed by atoms with Gasteiger partial charge in [-0.1, -0.05) is 35.3 Å². The number of halogens is 2. The Balaban J connectivity index is 2.14. The summed E-state index contributed by atoms with van der Waals surface area (Å²) in [6.45, 7) is 7.39. The molecule has 0 aliphatic heterocycles. The van der Waals surface area contributed by atoms with Crippen molar-refractivity contribution in [3.05, 3.63) is 92.0 Å². The number of hydrogen-bond acceptors (Lipinski definition) is 7. The fraction of sp³-hybridized carbons (Fsp3) is 0.333. The monoisotopic (exact) mass is 664 g/mol. The highest BCUT2D eigenvalue weighted by atomic mass is 35.5. The number of anilines is 1. The third-order valence-electron chi connectivity index (χ3n) is 6.66. The van der Waals surface area contributed by atoms with Gasteiger partial charge in [-0.3, -0.25) is 24.0 Å². The first-order chi connectivity index (χ1) is 20.5. The van der Waals surface area contributed by atoms with Crippen molar-refractivity contribution in [3.8, 4) is 5.75 Å². The van der Waals surface area contributed by atoms with Crippen LogP contribution in [0, 0.1) is 17.0 Å². The van der Waals surface area contributed by atoms with Gasteiger partial charge >= 0.3 is 0 Å². The Morgan fingerprint density at radius 1 is 1.05 bits per heavy atom. The smallest absolute Gasteiger partial charge is 0.273 e. The number of sulfonamides is 1. The van der Waals surface area contributed by atoms with E-state index in [0.717, 1.165) is 10.4 Å². The first kappa shape index (κ1) is 34.6. The second kappa shape index (κ2) is 13.8. The molecular formula is C30H34Cl2N4O7S. The molecule has 0 saturated carbocycles. The SMILES string of the molecule is COc1ccc(N(CC(=O)N(Cc2c(Cl)cccc2Cl)[C@@H](C)C(=O)NC(C)(C)C)S(=O)(=O)c2ccc(C)c([N+](=O)[O-])c2)cc1. The third kappa shape index (κ3) is 8.19. The van der Waals surface area contributed by atoms with Gasteiger partial charge in [-0.2, -0.15) is 0 Å². The quantitative estimate of drug-likeness (QED) is 0.203. The van der Waals surface area contributed by atoms with Crippen LogP contribution in [0.25, 0.3) is 0 Å². The Morgan fingerprint density at radius 3 is 2.16 bits per heavy atom. The summed E-state index contributed by atoms with van der Waals surface area (Å²) in [5, 5.41) is 15.0. The number of ether oxygens (including phenoxy) is 1. The lowest BCUT2D eigenvalue weighted by Gasteiger charge is -2.33. The maximum Gasteiger partial charge on any atom is 0.273 e. The number of carbonyl (C=O) groups is 2. The number of aryl methyl sites for hydroxylation is 1. The topological polar surface area (TPSA) is 139 Å². The van der Waals surface area contributed by atoms with E-state index < -0.39 is 55.5 Å². The van der Waals surface area contributed by atoms with Gasteiger partial charge in [-0.05, 0) is 77.1 Å². The Kier molecular flexibility index (Phi) is 10.9. The van der Waals surface area contributed by atoms with E-state index in [2.05, 4.69) is 5.32 Å². The summed E-state index contributed by atoms with van der Waals surface area (Å²) < 4.78 is 34.2. The van der Waals surface area contributed by atoms with Crippen LogP contribution in [0.5, 0.6) is 5.75 Å². The van der Waals surface area contributed by atoms with Crippen molar-refractivity contribution >= 4 is 56.4 Å². The first-order valence-corrected chi connectivity index (χ1v) is 15.6. The Labute approximate surface area is 266 Å². The standard InChI is InChI=1S/C30H34Cl2N4O7S/c1-19-10-15-23(16-27(19)36(39)40)44(41,42)35(21-11-13-22(43-6)14-12-21)18-28(37)34(20(2)29(38)33-30(3,4)5)17-24-25(31)8-7-9-26(24)32/h7-16,20H,17-18H2,1-6H3,(H,33,38)/t20-/m0/s1. The molecule has 3 aromatic carbocycles. The van der Waals surface area contributed by atoms with Crippen LogP contribution in [0.1, 0.15) is 38.8 Å². The maximum atomic E-state index is 14.1. The fourth-order valence-electron chi connectivity index (χ4n) is 4.26. The molecule has 0 unspecified atom stereocenters. The van der Waals surface area contributed by atoms with Gasteiger partial charge in [-0.25, -0.2) is 8.42 Å². The zero-order chi connectivity index (χ0) is 33.0. The first-order valence-electron chi connectivity index (χ1n) is 13.4. The molecule has 0 spiro atoms. The molecule has 0 bridgehead atoms. The van der Waals surface area contributed by atoms with E-state index in [9.17, 15) is 28.1 Å². The highest BCUT2D eigenvalue weighted by Crippen LogP contribution is 2.31. The molecule has 236 valence electrons. The molecule has 0 aliphatic rings. The van der Waals surface area contributed by atoms with Gasteiger partial charge in [0.1, 0.15) is 18.3 Å².